The van der Waals surface area contributed by atoms with Gasteiger partial charge >= 0.3 is 5.97 Å². The molecular formula is C24H29NO7. The summed E-state index contributed by atoms with van der Waals surface area (Å²) in [6.45, 7) is 3.24. The summed E-state index contributed by atoms with van der Waals surface area (Å²) in [6.07, 6.45) is -3.87. The van der Waals surface area contributed by atoms with Crippen LogP contribution in [0, 0.1) is 0 Å². The van der Waals surface area contributed by atoms with E-state index in [0.29, 0.717) is 6.61 Å². The number of esters is 1. The van der Waals surface area contributed by atoms with Crippen molar-refractivity contribution < 1.29 is 33.6 Å². The van der Waals surface area contributed by atoms with E-state index in [1.54, 1.807) is 0 Å². The Labute approximate surface area is 187 Å². The number of carbonyl (C=O) groups excluding carboxylic acids is 2. The largest absolute Gasteiger partial charge is 0.457 e. The maximum absolute atomic E-state index is 11.8. The zero-order chi connectivity index (χ0) is 22.9. The van der Waals surface area contributed by atoms with Crippen LogP contribution < -0.4 is 5.32 Å². The van der Waals surface area contributed by atoms with Gasteiger partial charge in [-0.2, -0.15) is 0 Å². The molecule has 2 aromatic rings. The Kier molecular flexibility index (Phi) is 8.75. The van der Waals surface area contributed by atoms with E-state index in [-0.39, 0.29) is 13.2 Å². The Morgan fingerprint density at radius 1 is 0.938 bits per heavy atom. The van der Waals surface area contributed by atoms with E-state index >= 15 is 0 Å². The molecule has 8 nitrogen and oxygen atoms in total. The molecule has 0 spiro atoms. The van der Waals surface area contributed by atoms with E-state index in [0.717, 1.165) is 11.1 Å². The van der Waals surface area contributed by atoms with Crippen molar-refractivity contribution in [1.82, 2.24) is 5.32 Å². The normalized spacial score (nSPS) is 25.2. The molecule has 8 heteroatoms. The van der Waals surface area contributed by atoms with E-state index in [1.807, 2.05) is 60.7 Å². The molecule has 0 aromatic heterocycles. The first-order valence-electron chi connectivity index (χ1n) is 10.5. The van der Waals surface area contributed by atoms with Gasteiger partial charge in [0.1, 0.15) is 18.2 Å². The fourth-order valence-corrected chi connectivity index (χ4v) is 3.61. The first-order valence-corrected chi connectivity index (χ1v) is 10.5. The van der Waals surface area contributed by atoms with Crippen LogP contribution in [0.15, 0.2) is 60.7 Å². The summed E-state index contributed by atoms with van der Waals surface area (Å²) in [6, 6.07) is 18.2. The van der Waals surface area contributed by atoms with E-state index in [9.17, 15) is 14.7 Å². The number of rotatable bonds is 9. The highest BCUT2D eigenvalue weighted by Gasteiger charge is 2.48. The second-order valence-electron chi connectivity index (χ2n) is 7.63. The monoisotopic (exact) mass is 443 g/mol. The standard InChI is InChI=1S/C24H29NO7/c1-16(26)25-21-23(31-17(2)27)22(30-14-19-11-7-4-8-12-19)20(32-24(21)28)15-29-13-18-9-5-3-6-10-18/h3-12,20-24,28H,13-15H2,1-2H3,(H,25,26)/t20-,21-,22-,23-,24+/m1/s1. The van der Waals surface area contributed by atoms with Crippen LogP contribution in [-0.4, -0.2) is 54.2 Å². The van der Waals surface area contributed by atoms with Crippen LogP contribution in [0.1, 0.15) is 25.0 Å². The molecule has 1 amide bonds. The van der Waals surface area contributed by atoms with Gasteiger partial charge in [0.15, 0.2) is 12.4 Å². The number of amides is 1. The third kappa shape index (κ3) is 6.86. The van der Waals surface area contributed by atoms with Crippen LogP contribution >= 0.6 is 0 Å². The molecule has 0 aliphatic carbocycles. The Hall–Kier alpha value is -2.78. The number of hydrogen-bond acceptors (Lipinski definition) is 7. The molecule has 5 atom stereocenters. The number of hydrogen-bond donors (Lipinski definition) is 2. The average Bonchev–Trinajstić information content (AvgIpc) is 2.77. The van der Waals surface area contributed by atoms with Gasteiger partial charge in [0.2, 0.25) is 5.91 Å². The summed E-state index contributed by atoms with van der Waals surface area (Å²) in [5.41, 5.74) is 1.90. The molecule has 0 unspecified atom stereocenters. The number of nitrogens with one attached hydrogen (secondary N) is 1. The molecule has 1 aliphatic rings. The van der Waals surface area contributed by atoms with Gasteiger partial charge in [-0.25, -0.2) is 0 Å². The molecule has 32 heavy (non-hydrogen) atoms. The third-order valence-corrected chi connectivity index (χ3v) is 5.02. The Bertz CT molecular complexity index is 861. The molecule has 2 aromatic carbocycles. The van der Waals surface area contributed by atoms with Crippen LogP contribution in [0.4, 0.5) is 0 Å². The van der Waals surface area contributed by atoms with Crippen molar-refractivity contribution in [1.29, 1.82) is 0 Å². The Balaban J connectivity index is 1.77. The van der Waals surface area contributed by atoms with Gasteiger partial charge in [-0.3, -0.25) is 9.59 Å². The van der Waals surface area contributed by atoms with Gasteiger partial charge in [-0.15, -0.1) is 0 Å². The summed E-state index contributed by atoms with van der Waals surface area (Å²) >= 11 is 0. The lowest BCUT2D eigenvalue weighted by molar-refractivity contribution is -0.272. The van der Waals surface area contributed by atoms with Gasteiger partial charge in [-0.1, -0.05) is 60.7 Å². The SMILES string of the molecule is CC(=O)N[C@@H]1[C@@H](OC(C)=O)[C@H](OCc2ccccc2)[C@@H](COCc2ccccc2)O[C@@H]1O. The molecule has 1 heterocycles. The smallest absolute Gasteiger partial charge is 0.303 e. The Morgan fingerprint density at radius 3 is 2.09 bits per heavy atom. The zero-order valence-corrected chi connectivity index (χ0v) is 18.2. The predicted molar refractivity (Wildman–Crippen MR) is 115 cm³/mol. The molecule has 1 saturated heterocycles. The average molecular weight is 443 g/mol. The number of ether oxygens (including phenoxy) is 4. The summed E-state index contributed by atoms with van der Waals surface area (Å²) < 4.78 is 23.2. The highest BCUT2D eigenvalue weighted by atomic mass is 16.7. The van der Waals surface area contributed by atoms with Crippen molar-refractivity contribution in [2.45, 2.75) is 57.7 Å². The first kappa shape index (κ1) is 23.9. The van der Waals surface area contributed by atoms with Crippen molar-refractivity contribution in [2.24, 2.45) is 0 Å². The van der Waals surface area contributed by atoms with Crippen LogP contribution in [0.5, 0.6) is 0 Å². The molecule has 1 fully saturated rings. The molecular weight excluding hydrogens is 414 g/mol. The fraction of sp³-hybridized carbons (Fsp3) is 0.417. The van der Waals surface area contributed by atoms with E-state index in [1.165, 1.54) is 13.8 Å². The molecule has 1 aliphatic heterocycles. The Morgan fingerprint density at radius 2 is 1.53 bits per heavy atom. The van der Waals surface area contributed by atoms with Gasteiger partial charge in [-0.05, 0) is 11.1 Å². The van der Waals surface area contributed by atoms with Gasteiger partial charge < -0.3 is 29.4 Å². The van der Waals surface area contributed by atoms with Crippen molar-refractivity contribution in [2.75, 3.05) is 6.61 Å². The molecule has 0 bridgehead atoms. The summed E-state index contributed by atoms with van der Waals surface area (Å²) in [5, 5.41) is 13.2. The molecule has 0 radical (unpaired) electrons. The van der Waals surface area contributed by atoms with Crippen LogP contribution in [0.3, 0.4) is 0 Å². The lowest BCUT2D eigenvalue weighted by atomic mass is 9.96. The summed E-state index contributed by atoms with van der Waals surface area (Å²) in [7, 11) is 0. The van der Waals surface area contributed by atoms with Crippen LogP contribution in [-0.2, 0) is 41.8 Å². The highest BCUT2D eigenvalue weighted by Crippen LogP contribution is 2.27. The lowest BCUT2D eigenvalue weighted by Gasteiger charge is -2.44. The van der Waals surface area contributed by atoms with E-state index < -0.39 is 42.5 Å². The van der Waals surface area contributed by atoms with Crippen LogP contribution in [0.25, 0.3) is 0 Å². The molecule has 3 rings (SSSR count). The number of benzene rings is 2. The minimum absolute atomic E-state index is 0.0932. The number of carbonyl (C=O) groups is 2. The first-order chi connectivity index (χ1) is 15.4. The topological polar surface area (TPSA) is 103 Å². The van der Waals surface area contributed by atoms with Crippen molar-refractivity contribution >= 4 is 11.9 Å². The fourth-order valence-electron chi connectivity index (χ4n) is 3.61. The van der Waals surface area contributed by atoms with Crippen LogP contribution in [0.2, 0.25) is 0 Å². The number of aliphatic hydroxyl groups is 1. The predicted octanol–water partition coefficient (Wildman–Crippen LogP) is 1.94. The molecule has 2 N–H and O–H groups in total. The number of aliphatic hydroxyl groups excluding tert-OH is 1. The maximum atomic E-state index is 11.8. The summed E-state index contributed by atoms with van der Waals surface area (Å²) in [4.78, 5) is 23.5. The quantitative estimate of drug-likeness (QED) is 0.571. The van der Waals surface area contributed by atoms with Crippen molar-refractivity contribution in [3.05, 3.63) is 71.8 Å². The van der Waals surface area contributed by atoms with Gasteiger partial charge in [0.25, 0.3) is 0 Å². The van der Waals surface area contributed by atoms with Gasteiger partial charge in [0.05, 0.1) is 19.8 Å². The van der Waals surface area contributed by atoms with Crippen molar-refractivity contribution in [3.8, 4) is 0 Å². The van der Waals surface area contributed by atoms with Crippen molar-refractivity contribution in [3.63, 3.8) is 0 Å². The van der Waals surface area contributed by atoms with E-state index in [4.69, 9.17) is 18.9 Å². The third-order valence-electron chi connectivity index (χ3n) is 5.02. The molecule has 172 valence electrons. The lowest BCUT2D eigenvalue weighted by Crippen LogP contribution is -2.65. The summed E-state index contributed by atoms with van der Waals surface area (Å²) in [5.74, 6) is -0.952. The minimum Gasteiger partial charge on any atom is -0.457 e. The second-order valence-corrected chi connectivity index (χ2v) is 7.63. The highest BCUT2D eigenvalue weighted by molar-refractivity contribution is 5.73. The molecule has 0 saturated carbocycles. The van der Waals surface area contributed by atoms with E-state index in [2.05, 4.69) is 5.32 Å². The maximum Gasteiger partial charge on any atom is 0.303 e. The minimum atomic E-state index is -1.40. The van der Waals surface area contributed by atoms with Gasteiger partial charge in [0, 0.05) is 13.8 Å². The second kappa shape index (κ2) is 11.7. The zero-order valence-electron chi connectivity index (χ0n) is 18.2.